The van der Waals surface area contributed by atoms with Crippen LogP contribution in [0.1, 0.15) is 6.42 Å². The topological polar surface area (TPSA) is 35.5 Å². The highest BCUT2D eigenvalue weighted by molar-refractivity contribution is 5.90. The zero-order valence-corrected chi connectivity index (χ0v) is 11.3. The first kappa shape index (κ1) is 12.9. The highest BCUT2D eigenvalue weighted by atomic mass is 16.5. The third kappa shape index (κ3) is 2.45. The first-order chi connectivity index (χ1) is 9.78. The van der Waals surface area contributed by atoms with E-state index in [-0.39, 0.29) is 11.9 Å². The molecule has 2 atom stereocenters. The standard InChI is InChI=1S/C17H16O3/c1-19-17-15(18)11-16(17)20-14-9-7-13(8-10-14)12-5-3-2-4-6-12/h2-10,16-17H,11H2,1H3. The highest BCUT2D eigenvalue weighted by Crippen LogP contribution is 2.27. The van der Waals surface area contributed by atoms with Crippen molar-refractivity contribution in [3.8, 4) is 16.9 Å². The highest BCUT2D eigenvalue weighted by Gasteiger charge is 2.41. The number of benzene rings is 2. The van der Waals surface area contributed by atoms with Gasteiger partial charge in [-0.25, -0.2) is 0 Å². The van der Waals surface area contributed by atoms with E-state index in [0.29, 0.717) is 6.42 Å². The quantitative estimate of drug-likeness (QED) is 0.854. The summed E-state index contributed by atoms with van der Waals surface area (Å²) in [5.41, 5.74) is 2.32. The maximum atomic E-state index is 11.3. The largest absolute Gasteiger partial charge is 0.487 e. The minimum absolute atomic E-state index is 0.110. The van der Waals surface area contributed by atoms with E-state index in [1.807, 2.05) is 42.5 Å². The minimum Gasteiger partial charge on any atom is -0.487 e. The molecule has 0 aromatic heterocycles. The Hall–Kier alpha value is -2.13. The third-order valence-electron chi connectivity index (χ3n) is 3.56. The summed E-state index contributed by atoms with van der Waals surface area (Å²) in [5, 5.41) is 0. The molecule has 0 spiro atoms. The SMILES string of the molecule is COC1C(=O)CC1Oc1ccc(-c2ccccc2)cc1. The normalized spacial score (nSPS) is 21.4. The van der Waals surface area contributed by atoms with Gasteiger partial charge in [-0.2, -0.15) is 0 Å². The van der Waals surface area contributed by atoms with E-state index in [1.54, 1.807) is 0 Å². The van der Waals surface area contributed by atoms with E-state index in [1.165, 1.54) is 12.7 Å². The van der Waals surface area contributed by atoms with Gasteiger partial charge in [0.1, 0.15) is 11.9 Å². The van der Waals surface area contributed by atoms with Crippen LogP contribution >= 0.6 is 0 Å². The van der Waals surface area contributed by atoms with Gasteiger partial charge >= 0.3 is 0 Å². The molecule has 3 heteroatoms. The van der Waals surface area contributed by atoms with Crippen molar-refractivity contribution in [2.75, 3.05) is 7.11 Å². The fourth-order valence-corrected chi connectivity index (χ4v) is 2.39. The molecule has 2 aromatic rings. The fraction of sp³-hybridized carbons (Fsp3) is 0.235. The maximum Gasteiger partial charge on any atom is 0.169 e. The summed E-state index contributed by atoms with van der Waals surface area (Å²) in [6.07, 6.45) is -0.141. The van der Waals surface area contributed by atoms with Gasteiger partial charge in [-0.15, -0.1) is 0 Å². The second-order valence-electron chi connectivity index (χ2n) is 4.87. The molecule has 0 bridgehead atoms. The predicted molar refractivity (Wildman–Crippen MR) is 76.7 cm³/mol. The Kier molecular flexibility index (Phi) is 3.52. The van der Waals surface area contributed by atoms with E-state index in [2.05, 4.69) is 12.1 Å². The molecule has 0 N–H and O–H groups in total. The van der Waals surface area contributed by atoms with Crippen LogP contribution in [-0.4, -0.2) is 25.1 Å². The van der Waals surface area contributed by atoms with Gasteiger partial charge in [0.2, 0.25) is 0 Å². The van der Waals surface area contributed by atoms with Crippen molar-refractivity contribution >= 4 is 5.78 Å². The van der Waals surface area contributed by atoms with Crippen LogP contribution < -0.4 is 4.74 Å². The molecular formula is C17H16O3. The van der Waals surface area contributed by atoms with Gasteiger partial charge < -0.3 is 9.47 Å². The smallest absolute Gasteiger partial charge is 0.169 e. The van der Waals surface area contributed by atoms with Gasteiger partial charge in [-0.05, 0) is 23.3 Å². The average molecular weight is 268 g/mol. The summed E-state index contributed by atoms with van der Waals surface area (Å²) in [6.45, 7) is 0. The lowest BCUT2D eigenvalue weighted by Gasteiger charge is -2.33. The molecule has 0 aliphatic heterocycles. The molecule has 1 saturated carbocycles. The molecular weight excluding hydrogens is 252 g/mol. The van der Waals surface area contributed by atoms with E-state index >= 15 is 0 Å². The summed E-state index contributed by atoms with van der Waals surface area (Å²) in [5.74, 6) is 0.877. The van der Waals surface area contributed by atoms with E-state index in [9.17, 15) is 4.79 Å². The van der Waals surface area contributed by atoms with Crippen molar-refractivity contribution in [3.05, 3.63) is 54.6 Å². The molecule has 1 aliphatic rings. The maximum absolute atomic E-state index is 11.3. The lowest BCUT2D eigenvalue weighted by Crippen LogP contribution is -2.51. The first-order valence-electron chi connectivity index (χ1n) is 6.65. The van der Waals surface area contributed by atoms with Gasteiger partial charge in [0, 0.05) is 13.5 Å². The second-order valence-corrected chi connectivity index (χ2v) is 4.87. The average Bonchev–Trinajstić information content (AvgIpc) is 2.49. The molecule has 0 heterocycles. The van der Waals surface area contributed by atoms with Crippen molar-refractivity contribution < 1.29 is 14.3 Å². The summed E-state index contributed by atoms with van der Waals surface area (Å²) in [6, 6.07) is 18.1. The number of carbonyl (C=O) groups is 1. The van der Waals surface area contributed by atoms with Crippen LogP contribution in [0, 0.1) is 0 Å². The third-order valence-corrected chi connectivity index (χ3v) is 3.56. The molecule has 102 valence electrons. The van der Waals surface area contributed by atoms with E-state index in [4.69, 9.17) is 9.47 Å². The van der Waals surface area contributed by atoms with Crippen molar-refractivity contribution in [2.45, 2.75) is 18.6 Å². The molecule has 0 radical (unpaired) electrons. The Morgan fingerprint density at radius 3 is 2.20 bits per heavy atom. The van der Waals surface area contributed by atoms with Crippen molar-refractivity contribution in [3.63, 3.8) is 0 Å². The number of carbonyl (C=O) groups excluding carboxylic acids is 1. The van der Waals surface area contributed by atoms with Gasteiger partial charge in [0.15, 0.2) is 11.9 Å². The fourth-order valence-electron chi connectivity index (χ4n) is 2.39. The van der Waals surface area contributed by atoms with Gasteiger partial charge in [-0.3, -0.25) is 4.79 Å². The summed E-state index contributed by atoms with van der Waals surface area (Å²) in [4.78, 5) is 11.3. The summed E-state index contributed by atoms with van der Waals surface area (Å²) < 4.78 is 10.9. The Labute approximate surface area is 118 Å². The van der Waals surface area contributed by atoms with Crippen molar-refractivity contribution in [1.82, 2.24) is 0 Å². The molecule has 3 rings (SSSR count). The van der Waals surface area contributed by atoms with Crippen LogP contribution in [0.2, 0.25) is 0 Å². The second kappa shape index (κ2) is 5.47. The lowest BCUT2D eigenvalue weighted by molar-refractivity contribution is -0.150. The van der Waals surface area contributed by atoms with Gasteiger partial charge in [0.05, 0.1) is 0 Å². The van der Waals surface area contributed by atoms with Crippen LogP contribution in [0.5, 0.6) is 5.75 Å². The number of hydrogen-bond donors (Lipinski definition) is 0. The van der Waals surface area contributed by atoms with Crippen molar-refractivity contribution in [2.24, 2.45) is 0 Å². The Bertz CT molecular complexity index is 589. The monoisotopic (exact) mass is 268 g/mol. The number of rotatable bonds is 4. The van der Waals surface area contributed by atoms with Gasteiger partial charge in [0.25, 0.3) is 0 Å². The zero-order chi connectivity index (χ0) is 13.9. The number of ketones is 1. The molecule has 3 nitrogen and oxygen atoms in total. The van der Waals surface area contributed by atoms with Crippen LogP contribution in [0.3, 0.4) is 0 Å². The Morgan fingerprint density at radius 2 is 1.60 bits per heavy atom. The van der Waals surface area contributed by atoms with E-state index < -0.39 is 6.10 Å². The summed E-state index contributed by atoms with van der Waals surface area (Å²) in [7, 11) is 1.54. The van der Waals surface area contributed by atoms with Gasteiger partial charge in [-0.1, -0.05) is 42.5 Å². The van der Waals surface area contributed by atoms with Crippen LogP contribution in [0.4, 0.5) is 0 Å². The lowest BCUT2D eigenvalue weighted by atomic mass is 9.90. The molecule has 2 aromatic carbocycles. The van der Waals surface area contributed by atoms with Crippen LogP contribution in [-0.2, 0) is 9.53 Å². The minimum atomic E-state index is -0.413. The van der Waals surface area contributed by atoms with Crippen molar-refractivity contribution in [1.29, 1.82) is 0 Å². The Balaban J connectivity index is 1.70. The zero-order valence-electron chi connectivity index (χ0n) is 11.3. The molecule has 20 heavy (non-hydrogen) atoms. The molecule has 1 aliphatic carbocycles. The molecule has 0 saturated heterocycles. The van der Waals surface area contributed by atoms with Crippen LogP contribution in [0.15, 0.2) is 54.6 Å². The number of ether oxygens (including phenoxy) is 2. The number of Topliss-reactive ketones (excluding diaryl/α,β-unsaturated/α-hetero) is 1. The van der Waals surface area contributed by atoms with Crippen LogP contribution in [0.25, 0.3) is 11.1 Å². The number of hydrogen-bond acceptors (Lipinski definition) is 3. The first-order valence-corrected chi connectivity index (χ1v) is 6.65. The summed E-state index contributed by atoms with van der Waals surface area (Å²) >= 11 is 0. The van der Waals surface area contributed by atoms with E-state index in [0.717, 1.165) is 11.3 Å². The predicted octanol–water partition coefficient (Wildman–Crippen LogP) is 3.09. The number of methoxy groups -OCH3 is 1. The molecule has 1 fully saturated rings. The molecule has 2 unspecified atom stereocenters. The molecule has 0 amide bonds. The Morgan fingerprint density at radius 1 is 0.950 bits per heavy atom.